The minimum atomic E-state index is 0.184. The largest absolute Gasteiger partial charge is 0.504 e. The second-order valence-corrected chi connectivity index (χ2v) is 3.61. The maximum atomic E-state index is 9.45. The molecule has 84 valence electrons. The lowest BCUT2D eigenvalue weighted by atomic mass is 10.1. The summed E-state index contributed by atoms with van der Waals surface area (Å²) in [5.41, 5.74) is 1.12. The molecule has 0 spiro atoms. The molecule has 0 aromatic heterocycles. The molecule has 1 rings (SSSR count). The predicted molar refractivity (Wildman–Crippen MR) is 61.4 cm³/mol. The van der Waals surface area contributed by atoms with Gasteiger partial charge in [0.2, 0.25) is 0 Å². The number of ether oxygens (including phenoxy) is 1. The Hall–Kier alpha value is -1.22. The fourth-order valence-electron chi connectivity index (χ4n) is 1.44. The minimum Gasteiger partial charge on any atom is -0.504 e. The number of aromatic hydroxyl groups is 1. The van der Waals surface area contributed by atoms with Gasteiger partial charge in [-0.1, -0.05) is 13.0 Å². The van der Waals surface area contributed by atoms with Crippen molar-refractivity contribution in [2.75, 3.05) is 13.7 Å². The van der Waals surface area contributed by atoms with Crippen molar-refractivity contribution in [3.05, 3.63) is 23.8 Å². The molecule has 15 heavy (non-hydrogen) atoms. The topological polar surface area (TPSA) is 41.5 Å². The Balaban J connectivity index is 2.76. The van der Waals surface area contributed by atoms with E-state index in [0.29, 0.717) is 5.75 Å². The van der Waals surface area contributed by atoms with Crippen LogP contribution in [0.2, 0.25) is 0 Å². The maximum absolute atomic E-state index is 9.45. The highest BCUT2D eigenvalue weighted by Crippen LogP contribution is 2.28. The second kappa shape index (κ2) is 5.61. The summed E-state index contributed by atoms with van der Waals surface area (Å²) >= 11 is 0. The summed E-state index contributed by atoms with van der Waals surface area (Å²) in [6.45, 7) is 5.23. The van der Waals surface area contributed by atoms with Crippen molar-refractivity contribution in [3.8, 4) is 11.5 Å². The smallest absolute Gasteiger partial charge is 0.160 e. The molecule has 0 aliphatic rings. The van der Waals surface area contributed by atoms with Gasteiger partial charge in [0.15, 0.2) is 11.5 Å². The van der Waals surface area contributed by atoms with Crippen molar-refractivity contribution < 1.29 is 9.84 Å². The molecule has 0 radical (unpaired) electrons. The van der Waals surface area contributed by atoms with Gasteiger partial charge in [0, 0.05) is 6.04 Å². The van der Waals surface area contributed by atoms with Gasteiger partial charge in [0.05, 0.1) is 7.11 Å². The zero-order valence-electron chi connectivity index (χ0n) is 9.58. The van der Waals surface area contributed by atoms with Gasteiger partial charge in [-0.15, -0.1) is 0 Å². The third-order valence-corrected chi connectivity index (χ3v) is 2.40. The first-order valence-corrected chi connectivity index (χ1v) is 5.29. The first-order chi connectivity index (χ1) is 7.19. The third-order valence-electron chi connectivity index (χ3n) is 2.40. The van der Waals surface area contributed by atoms with E-state index in [-0.39, 0.29) is 11.8 Å². The van der Waals surface area contributed by atoms with Gasteiger partial charge in [-0.05, 0) is 37.6 Å². The molecule has 0 heterocycles. The lowest BCUT2D eigenvalue weighted by Crippen LogP contribution is -2.19. The zero-order chi connectivity index (χ0) is 11.3. The average Bonchev–Trinajstić information content (AvgIpc) is 2.26. The van der Waals surface area contributed by atoms with Gasteiger partial charge in [0.1, 0.15) is 0 Å². The van der Waals surface area contributed by atoms with Crippen LogP contribution in [0.25, 0.3) is 0 Å². The fourth-order valence-corrected chi connectivity index (χ4v) is 1.44. The Morgan fingerprint density at radius 2 is 2.20 bits per heavy atom. The molecule has 1 aromatic carbocycles. The van der Waals surface area contributed by atoms with E-state index in [2.05, 4.69) is 19.2 Å². The average molecular weight is 209 g/mol. The summed E-state index contributed by atoms with van der Waals surface area (Å²) in [7, 11) is 1.56. The molecule has 3 heteroatoms. The maximum Gasteiger partial charge on any atom is 0.160 e. The summed E-state index contributed by atoms with van der Waals surface area (Å²) in [5, 5.41) is 12.8. The van der Waals surface area contributed by atoms with Crippen LogP contribution in [0.4, 0.5) is 0 Å². The first-order valence-electron chi connectivity index (χ1n) is 5.29. The standard InChI is InChI=1S/C12H19NO2/c1-4-7-13-9(2)10-5-6-11(14)12(8-10)15-3/h5-6,8-9,13-14H,4,7H2,1-3H3. The van der Waals surface area contributed by atoms with E-state index in [1.54, 1.807) is 13.2 Å². The molecule has 0 saturated carbocycles. The highest BCUT2D eigenvalue weighted by atomic mass is 16.5. The van der Waals surface area contributed by atoms with E-state index >= 15 is 0 Å². The van der Waals surface area contributed by atoms with E-state index < -0.39 is 0 Å². The van der Waals surface area contributed by atoms with Crippen LogP contribution in [-0.4, -0.2) is 18.8 Å². The Morgan fingerprint density at radius 3 is 2.80 bits per heavy atom. The van der Waals surface area contributed by atoms with Crippen molar-refractivity contribution in [1.82, 2.24) is 5.32 Å². The number of hydrogen-bond acceptors (Lipinski definition) is 3. The highest BCUT2D eigenvalue weighted by molar-refractivity contribution is 5.42. The van der Waals surface area contributed by atoms with E-state index in [4.69, 9.17) is 4.74 Å². The molecule has 2 N–H and O–H groups in total. The number of phenolic OH excluding ortho intramolecular Hbond substituents is 1. The van der Waals surface area contributed by atoms with Crippen molar-refractivity contribution in [2.24, 2.45) is 0 Å². The molecule has 0 amide bonds. The molecule has 0 aliphatic heterocycles. The Morgan fingerprint density at radius 1 is 1.47 bits per heavy atom. The highest BCUT2D eigenvalue weighted by Gasteiger charge is 2.07. The van der Waals surface area contributed by atoms with Crippen LogP contribution in [0.3, 0.4) is 0 Å². The van der Waals surface area contributed by atoms with Crippen molar-refractivity contribution in [2.45, 2.75) is 26.3 Å². The molecular weight excluding hydrogens is 190 g/mol. The van der Waals surface area contributed by atoms with Crippen LogP contribution < -0.4 is 10.1 Å². The molecule has 0 fully saturated rings. The molecule has 1 aromatic rings. The van der Waals surface area contributed by atoms with Gasteiger partial charge in [0.25, 0.3) is 0 Å². The summed E-state index contributed by atoms with van der Waals surface area (Å²) in [6.07, 6.45) is 1.11. The van der Waals surface area contributed by atoms with Crippen LogP contribution in [0.15, 0.2) is 18.2 Å². The summed E-state index contributed by atoms with van der Waals surface area (Å²) in [5.74, 6) is 0.710. The van der Waals surface area contributed by atoms with Crippen LogP contribution in [0.5, 0.6) is 11.5 Å². The van der Waals surface area contributed by atoms with Gasteiger partial charge in [-0.3, -0.25) is 0 Å². The van der Waals surface area contributed by atoms with E-state index in [0.717, 1.165) is 18.5 Å². The number of hydrogen-bond donors (Lipinski definition) is 2. The molecule has 1 atom stereocenters. The summed E-state index contributed by atoms with van der Waals surface area (Å²) < 4.78 is 5.06. The summed E-state index contributed by atoms with van der Waals surface area (Å²) in [4.78, 5) is 0. The molecular formula is C12H19NO2. The quantitative estimate of drug-likeness (QED) is 0.782. The Kier molecular flexibility index (Phi) is 4.43. The molecule has 1 unspecified atom stereocenters. The number of nitrogens with one attached hydrogen (secondary N) is 1. The number of phenols is 1. The molecule has 0 bridgehead atoms. The van der Waals surface area contributed by atoms with Gasteiger partial charge in [-0.2, -0.15) is 0 Å². The van der Waals surface area contributed by atoms with Crippen molar-refractivity contribution in [1.29, 1.82) is 0 Å². The third kappa shape index (κ3) is 3.13. The normalized spacial score (nSPS) is 12.5. The van der Waals surface area contributed by atoms with Crippen LogP contribution in [-0.2, 0) is 0 Å². The van der Waals surface area contributed by atoms with E-state index in [9.17, 15) is 5.11 Å². The SMILES string of the molecule is CCCNC(C)c1ccc(O)c(OC)c1. The molecule has 3 nitrogen and oxygen atoms in total. The molecule has 0 saturated heterocycles. The van der Waals surface area contributed by atoms with E-state index in [1.165, 1.54) is 0 Å². The van der Waals surface area contributed by atoms with Crippen molar-refractivity contribution in [3.63, 3.8) is 0 Å². The monoisotopic (exact) mass is 209 g/mol. The van der Waals surface area contributed by atoms with Crippen LogP contribution >= 0.6 is 0 Å². The van der Waals surface area contributed by atoms with Crippen LogP contribution in [0, 0.1) is 0 Å². The number of rotatable bonds is 5. The van der Waals surface area contributed by atoms with Gasteiger partial charge in [-0.25, -0.2) is 0 Å². The predicted octanol–water partition coefficient (Wildman–Crippen LogP) is 2.46. The number of methoxy groups -OCH3 is 1. The lowest BCUT2D eigenvalue weighted by Gasteiger charge is -2.14. The lowest BCUT2D eigenvalue weighted by molar-refractivity contribution is 0.372. The van der Waals surface area contributed by atoms with Crippen molar-refractivity contribution >= 4 is 0 Å². The second-order valence-electron chi connectivity index (χ2n) is 3.61. The van der Waals surface area contributed by atoms with E-state index in [1.807, 2.05) is 12.1 Å². The van der Waals surface area contributed by atoms with Gasteiger partial charge >= 0.3 is 0 Å². The number of benzene rings is 1. The Bertz CT molecular complexity index is 312. The van der Waals surface area contributed by atoms with Gasteiger partial charge < -0.3 is 15.2 Å². The fraction of sp³-hybridized carbons (Fsp3) is 0.500. The summed E-state index contributed by atoms with van der Waals surface area (Å²) in [6, 6.07) is 5.71. The minimum absolute atomic E-state index is 0.184. The zero-order valence-corrected chi connectivity index (χ0v) is 9.58. The van der Waals surface area contributed by atoms with Crippen LogP contribution in [0.1, 0.15) is 31.9 Å². The first kappa shape index (κ1) is 11.9. The molecule has 0 aliphatic carbocycles. The Labute approximate surface area is 91.1 Å².